The molecule has 0 aliphatic carbocycles. The first-order valence-electron chi connectivity index (χ1n) is 7.34. The zero-order valence-corrected chi connectivity index (χ0v) is 13.3. The zero-order valence-electron chi connectivity index (χ0n) is 13.3. The molecule has 0 saturated heterocycles. The molecule has 1 aliphatic heterocycles. The van der Waals surface area contributed by atoms with Crippen LogP contribution in [0.25, 0.3) is 0 Å². The highest BCUT2D eigenvalue weighted by molar-refractivity contribution is 6.12. The molecule has 1 heterocycles. The Kier molecular flexibility index (Phi) is 4.29. The normalized spacial score (nSPS) is 15.9. The van der Waals surface area contributed by atoms with Crippen LogP contribution >= 0.6 is 0 Å². The van der Waals surface area contributed by atoms with Crippen molar-refractivity contribution in [3.8, 4) is 5.75 Å². The van der Waals surface area contributed by atoms with E-state index in [0.717, 1.165) is 11.3 Å². The number of carbonyl (C=O) groups is 2. The summed E-state index contributed by atoms with van der Waals surface area (Å²) in [6.45, 7) is 0. The van der Waals surface area contributed by atoms with E-state index in [-0.39, 0.29) is 5.91 Å². The molecule has 0 radical (unpaired) electrons. The van der Waals surface area contributed by atoms with Crippen LogP contribution in [-0.2, 0) is 9.53 Å². The van der Waals surface area contributed by atoms with Gasteiger partial charge in [-0.3, -0.25) is 9.79 Å². The largest absolute Gasteiger partial charge is 0.496 e. The molecule has 1 aliphatic rings. The number of para-hydroxylation sites is 1. The highest BCUT2D eigenvalue weighted by Gasteiger charge is 2.28. The summed E-state index contributed by atoms with van der Waals surface area (Å²) in [5.74, 6) is -0.662. The smallest absolute Gasteiger partial charge is 0.341 e. The molecule has 1 amide bonds. The number of rotatable bonds is 4. The van der Waals surface area contributed by atoms with E-state index in [1.54, 1.807) is 24.4 Å². The molecular formula is C18H16N2O4. The third-order valence-electron chi connectivity index (χ3n) is 3.80. The molecule has 0 saturated carbocycles. The number of aliphatic imine (C=N–C) groups is 1. The summed E-state index contributed by atoms with van der Waals surface area (Å²) in [5, 5.41) is 2.82. The zero-order chi connectivity index (χ0) is 17.1. The monoisotopic (exact) mass is 324 g/mol. The molecule has 0 aromatic heterocycles. The molecule has 2 aromatic rings. The number of anilines is 1. The number of methoxy groups -OCH3 is 2. The van der Waals surface area contributed by atoms with Gasteiger partial charge in [0.2, 0.25) is 5.91 Å². The van der Waals surface area contributed by atoms with Gasteiger partial charge in [0.25, 0.3) is 0 Å². The molecule has 24 heavy (non-hydrogen) atoms. The highest BCUT2D eigenvalue weighted by atomic mass is 16.5. The SMILES string of the molecule is COC(=O)c1ccc(N=CC2C(=O)Nc3ccccc32)cc1OC. The lowest BCUT2D eigenvalue weighted by Gasteiger charge is -2.07. The van der Waals surface area contributed by atoms with Gasteiger partial charge in [0.15, 0.2) is 0 Å². The fourth-order valence-electron chi connectivity index (χ4n) is 2.58. The second-order valence-electron chi connectivity index (χ2n) is 5.21. The van der Waals surface area contributed by atoms with Gasteiger partial charge in [0.1, 0.15) is 17.2 Å². The first kappa shape index (κ1) is 15.7. The highest BCUT2D eigenvalue weighted by Crippen LogP contribution is 2.32. The van der Waals surface area contributed by atoms with Gasteiger partial charge < -0.3 is 14.8 Å². The summed E-state index contributed by atoms with van der Waals surface area (Å²) < 4.78 is 9.91. The minimum Gasteiger partial charge on any atom is -0.496 e. The number of nitrogens with one attached hydrogen (secondary N) is 1. The Morgan fingerprint density at radius 3 is 2.75 bits per heavy atom. The van der Waals surface area contributed by atoms with Crippen molar-refractivity contribution in [2.24, 2.45) is 4.99 Å². The van der Waals surface area contributed by atoms with Crippen LogP contribution in [0.4, 0.5) is 11.4 Å². The van der Waals surface area contributed by atoms with Crippen molar-refractivity contribution >= 4 is 29.5 Å². The van der Waals surface area contributed by atoms with Crippen molar-refractivity contribution < 1.29 is 19.1 Å². The van der Waals surface area contributed by atoms with Crippen LogP contribution in [0.5, 0.6) is 5.75 Å². The fraction of sp³-hybridized carbons (Fsp3) is 0.167. The molecule has 2 aromatic carbocycles. The van der Waals surface area contributed by atoms with Crippen molar-refractivity contribution in [1.82, 2.24) is 0 Å². The Hall–Kier alpha value is -3.15. The number of ether oxygens (including phenoxy) is 2. The van der Waals surface area contributed by atoms with E-state index in [1.807, 2.05) is 24.3 Å². The number of carbonyl (C=O) groups excluding carboxylic acids is 2. The number of esters is 1. The van der Waals surface area contributed by atoms with E-state index in [1.165, 1.54) is 14.2 Å². The van der Waals surface area contributed by atoms with Gasteiger partial charge in [0.05, 0.1) is 19.9 Å². The molecule has 1 unspecified atom stereocenters. The third kappa shape index (κ3) is 2.86. The summed E-state index contributed by atoms with van der Waals surface area (Å²) >= 11 is 0. The van der Waals surface area contributed by atoms with Gasteiger partial charge in [-0.1, -0.05) is 18.2 Å². The lowest BCUT2D eigenvalue weighted by atomic mass is 10.0. The lowest BCUT2D eigenvalue weighted by molar-refractivity contribution is -0.115. The molecule has 1 N–H and O–H groups in total. The summed E-state index contributed by atoms with van der Waals surface area (Å²) in [7, 11) is 2.78. The fourth-order valence-corrected chi connectivity index (χ4v) is 2.58. The van der Waals surface area contributed by atoms with Gasteiger partial charge >= 0.3 is 5.97 Å². The molecule has 0 fully saturated rings. The van der Waals surface area contributed by atoms with Crippen LogP contribution in [0.3, 0.4) is 0 Å². The number of benzene rings is 2. The number of hydrogen-bond acceptors (Lipinski definition) is 5. The van der Waals surface area contributed by atoms with Crippen molar-refractivity contribution in [2.45, 2.75) is 5.92 Å². The van der Waals surface area contributed by atoms with Gasteiger partial charge in [-0.25, -0.2) is 4.79 Å². The predicted octanol–water partition coefficient (Wildman–Crippen LogP) is 2.92. The molecule has 0 bridgehead atoms. The maximum atomic E-state index is 12.1. The maximum Gasteiger partial charge on any atom is 0.341 e. The molecule has 1 atom stereocenters. The van der Waals surface area contributed by atoms with E-state index in [0.29, 0.717) is 17.0 Å². The number of nitrogens with zero attached hydrogens (tertiary/aromatic N) is 1. The Bertz CT molecular complexity index is 830. The lowest BCUT2D eigenvalue weighted by Crippen LogP contribution is -2.12. The first-order chi connectivity index (χ1) is 11.6. The van der Waals surface area contributed by atoms with Crippen molar-refractivity contribution in [3.05, 3.63) is 53.6 Å². The van der Waals surface area contributed by atoms with Gasteiger partial charge in [-0.15, -0.1) is 0 Å². The van der Waals surface area contributed by atoms with Crippen molar-refractivity contribution in [1.29, 1.82) is 0 Å². The molecule has 6 heteroatoms. The van der Waals surface area contributed by atoms with Crippen LogP contribution in [0.15, 0.2) is 47.5 Å². The second kappa shape index (κ2) is 6.54. The van der Waals surface area contributed by atoms with Crippen LogP contribution in [-0.4, -0.2) is 32.3 Å². The Labute approximate surface area is 139 Å². The van der Waals surface area contributed by atoms with E-state index in [4.69, 9.17) is 9.47 Å². The van der Waals surface area contributed by atoms with Crippen molar-refractivity contribution in [2.75, 3.05) is 19.5 Å². The molecule has 3 rings (SSSR count). The molecular weight excluding hydrogens is 308 g/mol. The van der Waals surface area contributed by atoms with Crippen molar-refractivity contribution in [3.63, 3.8) is 0 Å². The van der Waals surface area contributed by atoms with Gasteiger partial charge in [-0.2, -0.15) is 0 Å². The maximum absolute atomic E-state index is 12.1. The first-order valence-corrected chi connectivity index (χ1v) is 7.34. The third-order valence-corrected chi connectivity index (χ3v) is 3.80. The summed E-state index contributed by atoms with van der Waals surface area (Å²) in [4.78, 5) is 28.1. The number of hydrogen-bond donors (Lipinski definition) is 1. The summed E-state index contributed by atoms with van der Waals surface area (Å²) in [6.07, 6.45) is 1.59. The van der Waals surface area contributed by atoms with Crippen LogP contribution in [0, 0.1) is 0 Å². The summed E-state index contributed by atoms with van der Waals surface area (Å²) in [6, 6.07) is 12.4. The second-order valence-corrected chi connectivity index (χ2v) is 5.21. The Morgan fingerprint density at radius 1 is 1.21 bits per heavy atom. The van der Waals surface area contributed by atoms with Crippen LogP contribution in [0.2, 0.25) is 0 Å². The minimum atomic E-state index is -0.480. The topological polar surface area (TPSA) is 77.0 Å². The van der Waals surface area contributed by atoms with E-state index in [2.05, 4.69) is 10.3 Å². The standard InChI is InChI=1S/C18H16N2O4/c1-23-16-9-11(7-8-13(16)18(22)24-2)19-10-14-12-5-3-4-6-15(12)20-17(14)21/h3-10,14H,1-2H3,(H,20,21). The van der Waals surface area contributed by atoms with E-state index in [9.17, 15) is 9.59 Å². The molecule has 0 spiro atoms. The predicted molar refractivity (Wildman–Crippen MR) is 90.3 cm³/mol. The van der Waals surface area contributed by atoms with Gasteiger partial charge in [0, 0.05) is 18.0 Å². The van der Waals surface area contributed by atoms with Crippen LogP contribution < -0.4 is 10.1 Å². The average molecular weight is 324 g/mol. The number of fused-ring (bicyclic) bond motifs is 1. The minimum absolute atomic E-state index is 0.113. The number of amides is 1. The molecule has 6 nitrogen and oxygen atoms in total. The van der Waals surface area contributed by atoms with Gasteiger partial charge in [-0.05, 0) is 23.8 Å². The quantitative estimate of drug-likeness (QED) is 0.693. The summed E-state index contributed by atoms with van der Waals surface area (Å²) in [5.41, 5.74) is 2.60. The Balaban J connectivity index is 1.87. The molecule has 122 valence electrons. The van der Waals surface area contributed by atoms with Crippen LogP contribution in [0.1, 0.15) is 21.8 Å². The Morgan fingerprint density at radius 2 is 2.00 bits per heavy atom. The average Bonchev–Trinajstić information content (AvgIpc) is 2.94. The van der Waals surface area contributed by atoms with E-state index < -0.39 is 11.9 Å². The van der Waals surface area contributed by atoms with E-state index >= 15 is 0 Å².